The van der Waals surface area contributed by atoms with Crippen LogP contribution >= 0.6 is 11.8 Å². The van der Waals surface area contributed by atoms with Crippen LogP contribution in [0.15, 0.2) is 35.2 Å². The van der Waals surface area contributed by atoms with Gasteiger partial charge in [0.05, 0.1) is 6.61 Å². The third kappa shape index (κ3) is 7.67. The molecule has 0 fully saturated rings. The summed E-state index contributed by atoms with van der Waals surface area (Å²) >= 11 is 1.29. The highest BCUT2D eigenvalue weighted by Crippen LogP contribution is 2.20. The molecule has 0 aliphatic rings. The Morgan fingerprint density at radius 1 is 1.05 bits per heavy atom. The quantitative estimate of drug-likeness (QED) is 0.412. The van der Waals surface area contributed by atoms with Gasteiger partial charge >= 0.3 is 5.97 Å². The van der Waals surface area contributed by atoms with Gasteiger partial charge in [-0.05, 0) is 31.9 Å². The van der Waals surface area contributed by atoms with E-state index in [1.807, 2.05) is 30.3 Å². The summed E-state index contributed by atoms with van der Waals surface area (Å²) in [4.78, 5) is 23.8. The fourth-order valence-electron chi connectivity index (χ4n) is 1.62. The molecule has 0 saturated carbocycles. The van der Waals surface area contributed by atoms with E-state index in [1.54, 1.807) is 6.92 Å². The number of rotatable bonds is 8. The van der Waals surface area contributed by atoms with Crippen LogP contribution in [0.4, 0.5) is 0 Å². The van der Waals surface area contributed by atoms with Crippen molar-refractivity contribution in [3.8, 4) is 0 Å². The molecule has 0 spiro atoms. The summed E-state index contributed by atoms with van der Waals surface area (Å²) in [6, 6.07) is 9.65. The fraction of sp³-hybridized carbons (Fsp3) is 0.467. The number of carbonyl (C=O) groups is 2. The van der Waals surface area contributed by atoms with Crippen molar-refractivity contribution in [3.05, 3.63) is 30.3 Å². The number of hydrogen-bond donors (Lipinski definition) is 0. The van der Waals surface area contributed by atoms with Gasteiger partial charge in [-0.15, -0.1) is 0 Å². The lowest BCUT2D eigenvalue weighted by molar-refractivity contribution is -0.143. The molecule has 3 nitrogen and oxygen atoms in total. The molecular weight excluding hydrogens is 260 g/mol. The second-order valence-corrected chi connectivity index (χ2v) is 5.28. The van der Waals surface area contributed by atoms with E-state index in [4.69, 9.17) is 4.74 Å². The van der Waals surface area contributed by atoms with Gasteiger partial charge in [-0.2, -0.15) is 0 Å². The highest BCUT2D eigenvalue weighted by Gasteiger charge is 2.05. The Kier molecular flexibility index (Phi) is 7.98. The molecule has 0 heterocycles. The zero-order valence-electron chi connectivity index (χ0n) is 11.3. The lowest BCUT2D eigenvalue weighted by Gasteiger charge is -2.02. The van der Waals surface area contributed by atoms with Gasteiger partial charge in [0.15, 0.2) is 5.12 Å². The molecule has 19 heavy (non-hydrogen) atoms. The minimum atomic E-state index is -0.146. The molecule has 1 aromatic rings. The molecule has 0 N–H and O–H groups in total. The van der Waals surface area contributed by atoms with Gasteiger partial charge in [-0.25, -0.2) is 0 Å². The van der Waals surface area contributed by atoms with E-state index in [1.165, 1.54) is 11.8 Å². The summed E-state index contributed by atoms with van der Waals surface area (Å²) in [5, 5.41) is 0.183. The number of thioether (sulfide) groups is 1. The number of ether oxygens (including phenoxy) is 1. The average Bonchev–Trinajstić information content (AvgIpc) is 2.40. The molecule has 0 saturated heterocycles. The van der Waals surface area contributed by atoms with Gasteiger partial charge in [0.1, 0.15) is 0 Å². The molecule has 104 valence electrons. The minimum Gasteiger partial charge on any atom is -0.466 e. The van der Waals surface area contributed by atoms with Gasteiger partial charge in [0, 0.05) is 17.7 Å². The Morgan fingerprint density at radius 3 is 2.42 bits per heavy atom. The first-order valence-corrected chi connectivity index (χ1v) is 7.45. The Morgan fingerprint density at radius 2 is 1.74 bits per heavy atom. The zero-order valence-corrected chi connectivity index (χ0v) is 12.1. The van der Waals surface area contributed by atoms with Crippen LogP contribution in [0, 0.1) is 0 Å². The van der Waals surface area contributed by atoms with Crippen LogP contribution < -0.4 is 0 Å². The molecule has 0 atom stereocenters. The maximum absolute atomic E-state index is 11.7. The van der Waals surface area contributed by atoms with E-state index in [2.05, 4.69) is 0 Å². The first kappa shape index (κ1) is 15.8. The Labute approximate surface area is 118 Å². The smallest absolute Gasteiger partial charge is 0.305 e. The molecular formula is C15H20O3S. The maximum Gasteiger partial charge on any atom is 0.305 e. The SMILES string of the molecule is CCOC(=O)CCCCCC(=O)Sc1ccccc1. The van der Waals surface area contributed by atoms with Gasteiger partial charge in [-0.1, -0.05) is 36.4 Å². The number of carbonyl (C=O) groups excluding carboxylic acids is 2. The third-order valence-corrected chi connectivity index (χ3v) is 3.48. The van der Waals surface area contributed by atoms with Crippen LogP contribution in [-0.2, 0) is 14.3 Å². The molecule has 0 amide bonds. The van der Waals surface area contributed by atoms with Gasteiger partial charge in [0.2, 0.25) is 0 Å². The van der Waals surface area contributed by atoms with Gasteiger partial charge < -0.3 is 4.74 Å². The topological polar surface area (TPSA) is 43.4 Å². The maximum atomic E-state index is 11.7. The number of esters is 1. The summed E-state index contributed by atoms with van der Waals surface area (Å²) in [6.07, 6.45) is 3.52. The van der Waals surface area contributed by atoms with Crippen molar-refractivity contribution in [1.82, 2.24) is 0 Å². The molecule has 1 aromatic carbocycles. The first-order valence-electron chi connectivity index (χ1n) is 6.63. The van der Waals surface area contributed by atoms with Gasteiger partial charge in [0.25, 0.3) is 0 Å². The fourth-order valence-corrected chi connectivity index (χ4v) is 2.42. The standard InChI is InChI=1S/C15H20O3S/c1-2-18-14(16)11-7-4-8-12-15(17)19-13-9-5-3-6-10-13/h3,5-6,9-10H,2,4,7-8,11-12H2,1H3. The van der Waals surface area contributed by atoms with Crippen molar-refractivity contribution >= 4 is 22.8 Å². The summed E-state index contributed by atoms with van der Waals surface area (Å²) < 4.78 is 4.84. The van der Waals surface area contributed by atoms with Crippen molar-refractivity contribution in [2.75, 3.05) is 6.61 Å². The molecule has 4 heteroatoms. The van der Waals surface area contributed by atoms with E-state index in [9.17, 15) is 9.59 Å². The highest BCUT2D eigenvalue weighted by molar-refractivity contribution is 8.13. The zero-order chi connectivity index (χ0) is 13.9. The lowest BCUT2D eigenvalue weighted by atomic mass is 10.1. The van der Waals surface area contributed by atoms with Crippen LogP contribution in [0.3, 0.4) is 0 Å². The average molecular weight is 280 g/mol. The molecule has 0 aliphatic carbocycles. The van der Waals surface area contributed by atoms with Gasteiger partial charge in [-0.3, -0.25) is 9.59 Å². The van der Waals surface area contributed by atoms with E-state index in [0.717, 1.165) is 24.2 Å². The van der Waals surface area contributed by atoms with Crippen LogP contribution in [-0.4, -0.2) is 17.7 Å². The molecule has 0 bridgehead atoms. The number of hydrogen-bond acceptors (Lipinski definition) is 4. The second kappa shape index (κ2) is 9.62. The number of unbranched alkanes of at least 4 members (excludes halogenated alkanes) is 2. The van der Waals surface area contributed by atoms with Crippen molar-refractivity contribution in [1.29, 1.82) is 0 Å². The monoisotopic (exact) mass is 280 g/mol. The van der Waals surface area contributed by atoms with Crippen LogP contribution in [0.25, 0.3) is 0 Å². The Hall–Kier alpha value is -1.29. The van der Waals surface area contributed by atoms with E-state index in [0.29, 0.717) is 19.4 Å². The first-order chi connectivity index (χ1) is 9.22. The number of benzene rings is 1. The summed E-state index contributed by atoms with van der Waals surface area (Å²) in [5.41, 5.74) is 0. The molecule has 0 aromatic heterocycles. The van der Waals surface area contributed by atoms with Crippen molar-refractivity contribution in [2.45, 2.75) is 43.9 Å². The van der Waals surface area contributed by atoms with E-state index < -0.39 is 0 Å². The Bertz CT molecular complexity index is 390. The second-order valence-electron chi connectivity index (χ2n) is 4.15. The lowest BCUT2D eigenvalue weighted by Crippen LogP contribution is -2.03. The molecule has 0 aliphatic heterocycles. The van der Waals surface area contributed by atoms with Crippen LogP contribution in [0.5, 0.6) is 0 Å². The molecule has 0 unspecified atom stereocenters. The van der Waals surface area contributed by atoms with E-state index in [-0.39, 0.29) is 11.1 Å². The predicted octanol–water partition coefficient (Wildman–Crippen LogP) is 3.82. The molecule has 0 radical (unpaired) electrons. The third-order valence-electron chi connectivity index (χ3n) is 2.54. The van der Waals surface area contributed by atoms with Crippen LogP contribution in [0.1, 0.15) is 39.0 Å². The Balaban J connectivity index is 2.06. The van der Waals surface area contributed by atoms with Crippen molar-refractivity contribution in [2.24, 2.45) is 0 Å². The highest BCUT2D eigenvalue weighted by atomic mass is 32.2. The minimum absolute atomic E-state index is 0.146. The predicted molar refractivity (Wildman–Crippen MR) is 77.0 cm³/mol. The van der Waals surface area contributed by atoms with Crippen molar-refractivity contribution in [3.63, 3.8) is 0 Å². The summed E-state index contributed by atoms with van der Waals surface area (Å²) in [6.45, 7) is 2.24. The normalized spacial score (nSPS) is 10.2. The molecule has 1 rings (SSSR count). The largest absolute Gasteiger partial charge is 0.466 e. The van der Waals surface area contributed by atoms with Crippen molar-refractivity contribution < 1.29 is 14.3 Å². The van der Waals surface area contributed by atoms with E-state index >= 15 is 0 Å². The van der Waals surface area contributed by atoms with Crippen LogP contribution in [0.2, 0.25) is 0 Å². The summed E-state index contributed by atoms with van der Waals surface area (Å²) in [5.74, 6) is -0.146. The summed E-state index contributed by atoms with van der Waals surface area (Å²) in [7, 11) is 0.